The fraction of sp³-hybridized carbons (Fsp3) is 0.714. The van der Waals surface area contributed by atoms with Gasteiger partial charge in [0.2, 0.25) is 0 Å². The van der Waals surface area contributed by atoms with Crippen LogP contribution >= 0.6 is 0 Å². The highest BCUT2D eigenvalue weighted by molar-refractivity contribution is 5.34. The van der Waals surface area contributed by atoms with Crippen LogP contribution < -0.4 is 0 Å². The van der Waals surface area contributed by atoms with Crippen molar-refractivity contribution in [3.63, 3.8) is 0 Å². The first-order chi connectivity index (χ1) is 10.3. The Balaban J connectivity index is 2.41. The summed E-state index contributed by atoms with van der Waals surface area (Å²) < 4.78 is 0. The molecule has 0 unspecified atom stereocenters. The maximum absolute atomic E-state index is 2.37. The maximum Gasteiger partial charge on any atom is -0.0274 e. The van der Waals surface area contributed by atoms with Crippen LogP contribution in [0.5, 0.6) is 0 Å². The predicted molar refractivity (Wildman–Crippen MR) is 96.1 cm³/mol. The number of benzene rings is 1. The van der Waals surface area contributed by atoms with Crippen LogP contribution in [-0.4, -0.2) is 0 Å². The highest BCUT2D eigenvalue weighted by atomic mass is 14.1. The van der Waals surface area contributed by atoms with Crippen molar-refractivity contribution >= 4 is 0 Å². The average Bonchev–Trinajstić information content (AvgIpc) is 2.49. The van der Waals surface area contributed by atoms with Crippen LogP contribution in [0.4, 0.5) is 0 Å². The van der Waals surface area contributed by atoms with E-state index >= 15 is 0 Å². The first kappa shape index (κ1) is 18.3. The third kappa shape index (κ3) is 7.69. The summed E-state index contributed by atoms with van der Waals surface area (Å²) in [4.78, 5) is 0. The Hall–Kier alpha value is -0.780. The first-order valence-electron chi connectivity index (χ1n) is 9.37. The van der Waals surface area contributed by atoms with E-state index < -0.39 is 0 Å². The molecule has 0 bridgehead atoms. The molecule has 0 heterocycles. The zero-order chi connectivity index (χ0) is 15.3. The van der Waals surface area contributed by atoms with E-state index in [1.165, 1.54) is 82.6 Å². The highest BCUT2D eigenvalue weighted by Gasteiger charge is 2.05. The van der Waals surface area contributed by atoms with Gasteiger partial charge in [0.25, 0.3) is 0 Å². The minimum atomic E-state index is 1.29. The molecule has 1 aromatic carbocycles. The number of unbranched alkanes of at least 4 members (excludes halogenated alkanes) is 8. The molecule has 0 heteroatoms. The van der Waals surface area contributed by atoms with Crippen molar-refractivity contribution in [1.29, 1.82) is 0 Å². The summed E-state index contributed by atoms with van der Waals surface area (Å²) in [5.41, 5.74) is 4.79. The van der Waals surface area contributed by atoms with Gasteiger partial charge >= 0.3 is 0 Å². The predicted octanol–water partition coefficient (Wildman–Crippen LogP) is 7.02. The van der Waals surface area contributed by atoms with Gasteiger partial charge in [0, 0.05) is 0 Å². The third-order valence-electron chi connectivity index (χ3n) is 4.59. The minimum Gasteiger partial charge on any atom is -0.0654 e. The normalized spacial score (nSPS) is 11.0. The highest BCUT2D eigenvalue weighted by Crippen LogP contribution is 2.20. The quantitative estimate of drug-likeness (QED) is 0.362. The van der Waals surface area contributed by atoms with Gasteiger partial charge in [-0.2, -0.15) is 0 Å². The van der Waals surface area contributed by atoms with Crippen molar-refractivity contribution < 1.29 is 0 Å². The van der Waals surface area contributed by atoms with Crippen molar-refractivity contribution in [2.75, 3.05) is 0 Å². The van der Waals surface area contributed by atoms with E-state index in [-0.39, 0.29) is 0 Å². The molecular formula is C21H36. The SMILES string of the molecule is CCCCCCCc1cccc(C)c1CCCCCCC. The molecular weight excluding hydrogens is 252 g/mol. The molecule has 0 saturated heterocycles. The molecule has 0 saturated carbocycles. The van der Waals surface area contributed by atoms with Crippen LogP contribution in [0.15, 0.2) is 18.2 Å². The monoisotopic (exact) mass is 288 g/mol. The van der Waals surface area contributed by atoms with Crippen molar-refractivity contribution in [3.05, 3.63) is 34.9 Å². The molecule has 0 amide bonds. The Morgan fingerprint density at radius 3 is 1.86 bits per heavy atom. The second-order valence-corrected chi connectivity index (χ2v) is 6.54. The van der Waals surface area contributed by atoms with Gasteiger partial charge in [0.05, 0.1) is 0 Å². The van der Waals surface area contributed by atoms with Crippen molar-refractivity contribution in [2.45, 2.75) is 97.8 Å². The van der Waals surface area contributed by atoms with E-state index in [1.807, 2.05) is 0 Å². The summed E-state index contributed by atoms with van der Waals surface area (Å²) >= 11 is 0. The van der Waals surface area contributed by atoms with Crippen LogP contribution in [0.25, 0.3) is 0 Å². The van der Waals surface area contributed by atoms with Crippen LogP contribution in [0.1, 0.15) is 94.7 Å². The Labute approximate surface area is 133 Å². The maximum atomic E-state index is 2.37. The fourth-order valence-corrected chi connectivity index (χ4v) is 3.18. The third-order valence-corrected chi connectivity index (χ3v) is 4.59. The van der Waals surface area contributed by atoms with Crippen LogP contribution in [0.2, 0.25) is 0 Å². The Bertz CT molecular complexity index is 364. The summed E-state index contributed by atoms with van der Waals surface area (Å²) in [5.74, 6) is 0. The van der Waals surface area contributed by atoms with E-state index in [9.17, 15) is 0 Å². The Kier molecular flexibility index (Phi) is 10.3. The topological polar surface area (TPSA) is 0 Å². The van der Waals surface area contributed by atoms with Gasteiger partial charge in [-0.15, -0.1) is 0 Å². The molecule has 1 rings (SSSR count). The molecule has 120 valence electrons. The van der Waals surface area contributed by atoms with E-state index in [4.69, 9.17) is 0 Å². The molecule has 0 spiro atoms. The van der Waals surface area contributed by atoms with Gasteiger partial charge in [-0.1, -0.05) is 83.4 Å². The molecule has 0 fully saturated rings. The lowest BCUT2D eigenvalue weighted by molar-refractivity contribution is 0.620. The molecule has 0 aromatic heterocycles. The zero-order valence-corrected chi connectivity index (χ0v) is 14.7. The summed E-state index contributed by atoms with van der Waals surface area (Å²) in [5, 5.41) is 0. The summed E-state index contributed by atoms with van der Waals surface area (Å²) in [6.07, 6.45) is 16.4. The average molecular weight is 289 g/mol. The number of hydrogen-bond donors (Lipinski definition) is 0. The van der Waals surface area contributed by atoms with E-state index in [0.29, 0.717) is 0 Å². The fourth-order valence-electron chi connectivity index (χ4n) is 3.18. The van der Waals surface area contributed by atoms with E-state index in [2.05, 4.69) is 39.0 Å². The minimum absolute atomic E-state index is 1.29. The van der Waals surface area contributed by atoms with Crippen LogP contribution in [0.3, 0.4) is 0 Å². The van der Waals surface area contributed by atoms with Gasteiger partial charge in [0.15, 0.2) is 0 Å². The Morgan fingerprint density at radius 2 is 1.24 bits per heavy atom. The number of rotatable bonds is 12. The lowest BCUT2D eigenvalue weighted by Crippen LogP contribution is -1.98. The van der Waals surface area contributed by atoms with E-state index in [1.54, 1.807) is 11.1 Å². The van der Waals surface area contributed by atoms with Crippen molar-refractivity contribution in [2.24, 2.45) is 0 Å². The van der Waals surface area contributed by atoms with Gasteiger partial charge in [-0.25, -0.2) is 0 Å². The molecule has 1 aromatic rings. The smallest absolute Gasteiger partial charge is 0.0274 e. The molecule has 0 nitrogen and oxygen atoms in total. The molecule has 0 aliphatic carbocycles. The number of hydrogen-bond acceptors (Lipinski definition) is 0. The molecule has 0 radical (unpaired) electrons. The second kappa shape index (κ2) is 11.8. The van der Waals surface area contributed by atoms with Crippen LogP contribution in [0, 0.1) is 6.92 Å². The Morgan fingerprint density at radius 1 is 0.667 bits per heavy atom. The zero-order valence-electron chi connectivity index (χ0n) is 14.7. The lowest BCUT2D eigenvalue weighted by atomic mass is 9.93. The van der Waals surface area contributed by atoms with Crippen LogP contribution in [-0.2, 0) is 12.8 Å². The van der Waals surface area contributed by atoms with Gasteiger partial charge in [0.1, 0.15) is 0 Å². The molecule has 0 aliphatic heterocycles. The van der Waals surface area contributed by atoms with Crippen molar-refractivity contribution in [3.8, 4) is 0 Å². The standard InChI is InChI=1S/C21H36/c1-4-6-8-10-12-16-20-17-14-15-19(3)21(20)18-13-11-9-7-5-2/h14-15,17H,4-13,16,18H2,1-3H3. The summed E-state index contributed by atoms with van der Waals surface area (Å²) in [6.45, 7) is 6.87. The number of aryl methyl sites for hydroxylation is 2. The largest absolute Gasteiger partial charge is 0.0654 e. The molecule has 0 aliphatic rings. The lowest BCUT2D eigenvalue weighted by Gasteiger charge is -2.13. The molecule has 0 N–H and O–H groups in total. The molecule has 21 heavy (non-hydrogen) atoms. The summed E-state index contributed by atoms with van der Waals surface area (Å²) in [6, 6.07) is 6.91. The van der Waals surface area contributed by atoms with Gasteiger partial charge in [-0.3, -0.25) is 0 Å². The van der Waals surface area contributed by atoms with Gasteiger partial charge in [-0.05, 0) is 49.3 Å². The second-order valence-electron chi connectivity index (χ2n) is 6.54. The van der Waals surface area contributed by atoms with E-state index in [0.717, 1.165) is 0 Å². The molecule has 0 atom stereocenters. The first-order valence-corrected chi connectivity index (χ1v) is 9.37. The van der Waals surface area contributed by atoms with Crippen molar-refractivity contribution in [1.82, 2.24) is 0 Å². The van der Waals surface area contributed by atoms with Gasteiger partial charge < -0.3 is 0 Å². The summed E-state index contributed by atoms with van der Waals surface area (Å²) in [7, 11) is 0.